The molecule has 2 aromatic rings. The molecular formula is C24H38N8O3. The molecule has 11 nitrogen and oxygen atoms in total. The Morgan fingerprint density at radius 1 is 0.971 bits per heavy atom. The minimum absolute atomic E-state index is 0.158. The normalized spacial score (nSPS) is 13.2. The van der Waals surface area contributed by atoms with Crippen LogP contribution in [0.2, 0.25) is 0 Å². The molecule has 1 amide bonds. The van der Waals surface area contributed by atoms with Crippen LogP contribution in [0.25, 0.3) is 0 Å². The van der Waals surface area contributed by atoms with Gasteiger partial charge in [0.2, 0.25) is 17.8 Å². The largest absolute Gasteiger partial charge is 0.378 e. The molecule has 0 radical (unpaired) electrons. The van der Waals surface area contributed by atoms with Gasteiger partial charge in [0.25, 0.3) is 5.91 Å². The van der Waals surface area contributed by atoms with Gasteiger partial charge in [0.05, 0.1) is 26.4 Å². The maximum Gasteiger partial charge on any atom is 0.251 e. The van der Waals surface area contributed by atoms with Gasteiger partial charge in [-0.3, -0.25) is 4.79 Å². The molecule has 1 fully saturated rings. The van der Waals surface area contributed by atoms with E-state index in [1.807, 2.05) is 12.1 Å². The fourth-order valence-corrected chi connectivity index (χ4v) is 3.27. The van der Waals surface area contributed by atoms with Crippen molar-refractivity contribution in [2.75, 3.05) is 62.0 Å². The number of amides is 1. The summed E-state index contributed by atoms with van der Waals surface area (Å²) in [5.74, 6) is 1.40. The highest BCUT2D eigenvalue weighted by Crippen LogP contribution is 2.23. The maximum absolute atomic E-state index is 12.4. The Bertz CT molecular complexity index is 893. The maximum atomic E-state index is 12.4. The topological polar surface area (TPSA) is 148 Å². The number of nitrogens with one attached hydrogen (secondary N) is 4. The third-order valence-corrected chi connectivity index (χ3v) is 5.46. The van der Waals surface area contributed by atoms with Gasteiger partial charge in [-0.2, -0.15) is 15.0 Å². The number of hydrogen-bond acceptors (Lipinski definition) is 10. The monoisotopic (exact) mass is 486 g/mol. The average molecular weight is 487 g/mol. The Hall–Kier alpha value is -3.02. The van der Waals surface area contributed by atoms with Crippen molar-refractivity contribution in [3.05, 3.63) is 29.8 Å². The third kappa shape index (κ3) is 9.63. The van der Waals surface area contributed by atoms with Crippen LogP contribution >= 0.6 is 0 Å². The van der Waals surface area contributed by atoms with Crippen molar-refractivity contribution >= 4 is 29.4 Å². The van der Waals surface area contributed by atoms with Gasteiger partial charge in [-0.15, -0.1) is 0 Å². The van der Waals surface area contributed by atoms with Gasteiger partial charge in [-0.1, -0.05) is 13.3 Å². The number of carbonyl (C=O) groups excluding carboxylic acids is 1. The molecule has 1 heterocycles. The fraction of sp³-hybridized carbons (Fsp3) is 0.583. The molecule has 0 bridgehead atoms. The van der Waals surface area contributed by atoms with Crippen molar-refractivity contribution in [3.63, 3.8) is 0 Å². The van der Waals surface area contributed by atoms with Gasteiger partial charge < -0.3 is 36.5 Å². The molecule has 35 heavy (non-hydrogen) atoms. The predicted octanol–water partition coefficient (Wildman–Crippen LogP) is 2.51. The van der Waals surface area contributed by atoms with Crippen molar-refractivity contribution in [1.29, 1.82) is 0 Å². The van der Waals surface area contributed by atoms with Crippen LogP contribution in [0, 0.1) is 0 Å². The van der Waals surface area contributed by atoms with Crippen molar-refractivity contribution in [3.8, 4) is 0 Å². The lowest BCUT2D eigenvalue weighted by Gasteiger charge is -2.26. The Labute approximate surface area is 207 Å². The van der Waals surface area contributed by atoms with Crippen molar-refractivity contribution in [2.45, 2.75) is 45.1 Å². The first-order chi connectivity index (χ1) is 17.2. The van der Waals surface area contributed by atoms with Crippen molar-refractivity contribution in [1.82, 2.24) is 20.3 Å². The van der Waals surface area contributed by atoms with Gasteiger partial charge in [-0.05, 0) is 49.9 Å². The van der Waals surface area contributed by atoms with E-state index in [-0.39, 0.29) is 5.91 Å². The summed E-state index contributed by atoms with van der Waals surface area (Å²) in [6, 6.07) is 7.59. The summed E-state index contributed by atoms with van der Waals surface area (Å²) < 4.78 is 10.6. The summed E-state index contributed by atoms with van der Waals surface area (Å²) in [6.07, 6.45) is 5.62. The molecule has 0 unspecified atom stereocenters. The molecule has 1 aliphatic carbocycles. The molecule has 0 saturated heterocycles. The van der Waals surface area contributed by atoms with Crippen LogP contribution in [0.5, 0.6) is 0 Å². The summed E-state index contributed by atoms with van der Waals surface area (Å²) in [5.41, 5.74) is 6.69. The predicted molar refractivity (Wildman–Crippen MR) is 137 cm³/mol. The van der Waals surface area contributed by atoms with E-state index < -0.39 is 0 Å². The molecule has 3 rings (SSSR count). The summed E-state index contributed by atoms with van der Waals surface area (Å²) in [7, 11) is 0. The minimum Gasteiger partial charge on any atom is -0.378 e. The fourth-order valence-electron chi connectivity index (χ4n) is 3.27. The van der Waals surface area contributed by atoms with E-state index in [9.17, 15) is 4.79 Å². The van der Waals surface area contributed by atoms with Crippen LogP contribution in [-0.2, 0) is 9.47 Å². The van der Waals surface area contributed by atoms with Crippen LogP contribution < -0.4 is 27.0 Å². The molecule has 11 heteroatoms. The van der Waals surface area contributed by atoms with Gasteiger partial charge in [0.15, 0.2) is 0 Å². The van der Waals surface area contributed by atoms with Crippen LogP contribution in [0.4, 0.5) is 23.5 Å². The quantitative estimate of drug-likeness (QED) is 0.211. The molecular weight excluding hydrogens is 448 g/mol. The number of benzene rings is 1. The zero-order chi connectivity index (χ0) is 24.7. The highest BCUT2D eigenvalue weighted by molar-refractivity contribution is 5.94. The van der Waals surface area contributed by atoms with Crippen LogP contribution in [0.3, 0.4) is 0 Å². The second kappa shape index (κ2) is 15.1. The summed E-state index contributed by atoms with van der Waals surface area (Å²) in [5, 5.41) is 12.7. The Morgan fingerprint density at radius 2 is 1.69 bits per heavy atom. The lowest BCUT2D eigenvalue weighted by atomic mass is 9.93. The van der Waals surface area contributed by atoms with Crippen LogP contribution in [0.15, 0.2) is 24.3 Å². The first-order valence-corrected chi connectivity index (χ1v) is 12.4. The molecule has 0 atom stereocenters. The van der Waals surface area contributed by atoms with Gasteiger partial charge in [0.1, 0.15) is 0 Å². The lowest BCUT2D eigenvalue weighted by Crippen LogP contribution is -2.28. The molecule has 6 N–H and O–H groups in total. The number of carbonyl (C=O) groups is 1. The van der Waals surface area contributed by atoms with Gasteiger partial charge >= 0.3 is 0 Å². The molecule has 1 saturated carbocycles. The Balaban J connectivity index is 1.49. The first-order valence-electron chi connectivity index (χ1n) is 12.4. The van der Waals surface area contributed by atoms with Gasteiger partial charge in [0, 0.05) is 36.9 Å². The number of aromatic nitrogens is 3. The molecule has 1 aliphatic rings. The number of rotatable bonds is 17. The third-order valence-electron chi connectivity index (χ3n) is 5.46. The summed E-state index contributed by atoms with van der Waals surface area (Å²) in [6.45, 7) is 5.78. The number of hydrogen-bond donors (Lipinski definition) is 5. The Morgan fingerprint density at radius 3 is 2.37 bits per heavy atom. The summed E-state index contributed by atoms with van der Waals surface area (Å²) in [4.78, 5) is 25.9. The van der Waals surface area contributed by atoms with Crippen molar-refractivity contribution < 1.29 is 14.3 Å². The smallest absolute Gasteiger partial charge is 0.251 e. The molecule has 1 aromatic heterocycles. The molecule has 192 valence electrons. The standard InChI is InChI=1S/C24H38N8O3/c1-2-3-12-27-22-30-23(28-19-5-4-6-19)32-24(31-22)29-20-9-7-18(8-10-20)21(33)26-13-15-35-17-16-34-14-11-25/h7-10,19H,2-6,11-17,25H2,1H3,(H,26,33)(H3,27,28,29,30,31,32). The van der Waals surface area contributed by atoms with Gasteiger partial charge in [-0.25, -0.2) is 0 Å². The SMILES string of the molecule is CCCCNc1nc(Nc2ccc(C(=O)NCCOCCOCCN)cc2)nc(NC2CCC2)n1. The molecule has 1 aromatic carbocycles. The van der Waals surface area contributed by atoms with E-state index in [1.54, 1.807) is 12.1 Å². The number of nitrogens with two attached hydrogens (primary N) is 1. The zero-order valence-corrected chi connectivity index (χ0v) is 20.5. The second-order valence-electron chi connectivity index (χ2n) is 8.33. The number of unbranched alkanes of at least 4 members (excludes halogenated alkanes) is 1. The summed E-state index contributed by atoms with van der Waals surface area (Å²) >= 11 is 0. The van der Waals surface area contributed by atoms with Crippen LogP contribution in [0.1, 0.15) is 49.4 Å². The van der Waals surface area contributed by atoms with E-state index in [4.69, 9.17) is 15.2 Å². The van der Waals surface area contributed by atoms with E-state index in [0.29, 0.717) is 69.0 Å². The minimum atomic E-state index is -0.158. The second-order valence-corrected chi connectivity index (χ2v) is 8.33. The average Bonchev–Trinajstić information content (AvgIpc) is 2.83. The number of anilines is 4. The van der Waals surface area contributed by atoms with E-state index in [1.165, 1.54) is 6.42 Å². The first kappa shape index (κ1) is 26.6. The van der Waals surface area contributed by atoms with E-state index in [0.717, 1.165) is 37.9 Å². The van der Waals surface area contributed by atoms with E-state index >= 15 is 0 Å². The highest BCUT2D eigenvalue weighted by Gasteiger charge is 2.19. The highest BCUT2D eigenvalue weighted by atomic mass is 16.5. The Kier molecular flexibility index (Phi) is 11.4. The van der Waals surface area contributed by atoms with Crippen molar-refractivity contribution in [2.24, 2.45) is 5.73 Å². The van der Waals surface area contributed by atoms with Crippen LogP contribution in [-0.4, -0.2) is 73.0 Å². The number of nitrogens with zero attached hydrogens (tertiary/aromatic N) is 3. The number of ether oxygens (including phenoxy) is 2. The lowest BCUT2D eigenvalue weighted by molar-refractivity contribution is 0.0511. The molecule has 0 spiro atoms. The zero-order valence-electron chi connectivity index (χ0n) is 20.5. The molecule has 0 aliphatic heterocycles. The van der Waals surface area contributed by atoms with E-state index in [2.05, 4.69) is 43.1 Å².